The molecule has 0 radical (unpaired) electrons. The first-order valence-corrected chi connectivity index (χ1v) is 7.82. The summed E-state index contributed by atoms with van der Waals surface area (Å²) in [5.41, 5.74) is 0.345. The van der Waals surface area contributed by atoms with E-state index in [9.17, 15) is 0 Å². The number of likely N-dealkylation sites (tertiary alicyclic amines) is 1. The van der Waals surface area contributed by atoms with Gasteiger partial charge in [-0.3, -0.25) is 4.90 Å². The molecular formula is C16H34N2. The molecule has 1 heterocycles. The molecule has 1 aliphatic rings. The average molecular weight is 254 g/mol. The van der Waals surface area contributed by atoms with Gasteiger partial charge in [-0.25, -0.2) is 0 Å². The Bertz CT molecular complexity index is 232. The SMILES string of the molecule is CCCNC(CN1CCC(C)CC1C)C(C)(C)C. The third-order valence-electron chi connectivity index (χ3n) is 4.38. The van der Waals surface area contributed by atoms with E-state index in [0.717, 1.165) is 18.5 Å². The Morgan fingerprint density at radius 3 is 2.44 bits per heavy atom. The van der Waals surface area contributed by atoms with E-state index in [2.05, 4.69) is 51.8 Å². The van der Waals surface area contributed by atoms with Crippen LogP contribution in [-0.2, 0) is 0 Å². The van der Waals surface area contributed by atoms with Crippen molar-refractivity contribution in [2.75, 3.05) is 19.6 Å². The van der Waals surface area contributed by atoms with Crippen molar-refractivity contribution < 1.29 is 0 Å². The van der Waals surface area contributed by atoms with Crippen LogP contribution >= 0.6 is 0 Å². The summed E-state index contributed by atoms with van der Waals surface area (Å²) >= 11 is 0. The van der Waals surface area contributed by atoms with Crippen molar-refractivity contribution in [3.8, 4) is 0 Å². The minimum atomic E-state index is 0.345. The van der Waals surface area contributed by atoms with Crippen LogP contribution in [-0.4, -0.2) is 36.6 Å². The Kier molecular flexibility index (Phi) is 6.13. The molecule has 1 saturated heterocycles. The van der Waals surface area contributed by atoms with Gasteiger partial charge in [-0.2, -0.15) is 0 Å². The Morgan fingerprint density at radius 2 is 1.94 bits per heavy atom. The molecule has 0 aromatic carbocycles. The molecule has 108 valence electrons. The summed E-state index contributed by atoms with van der Waals surface area (Å²) in [6, 6.07) is 1.36. The largest absolute Gasteiger partial charge is 0.312 e. The Balaban J connectivity index is 2.54. The lowest BCUT2D eigenvalue weighted by atomic mass is 9.85. The van der Waals surface area contributed by atoms with Gasteiger partial charge < -0.3 is 5.32 Å². The number of hydrogen-bond donors (Lipinski definition) is 1. The highest BCUT2D eigenvalue weighted by Crippen LogP contribution is 2.26. The van der Waals surface area contributed by atoms with Gasteiger partial charge in [0.15, 0.2) is 0 Å². The van der Waals surface area contributed by atoms with Crippen LogP contribution in [0.5, 0.6) is 0 Å². The van der Waals surface area contributed by atoms with Crippen molar-refractivity contribution in [1.82, 2.24) is 10.2 Å². The summed E-state index contributed by atoms with van der Waals surface area (Å²) in [5, 5.41) is 3.75. The minimum absolute atomic E-state index is 0.345. The molecule has 0 spiro atoms. The molecule has 18 heavy (non-hydrogen) atoms. The quantitative estimate of drug-likeness (QED) is 0.807. The molecule has 2 nitrogen and oxygen atoms in total. The van der Waals surface area contributed by atoms with Crippen LogP contribution in [0.3, 0.4) is 0 Å². The Morgan fingerprint density at radius 1 is 1.28 bits per heavy atom. The van der Waals surface area contributed by atoms with Crippen LogP contribution in [0.25, 0.3) is 0 Å². The fourth-order valence-electron chi connectivity index (χ4n) is 2.92. The molecule has 1 rings (SSSR count). The lowest BCUT2D eigenvalue weighted by Gasteiger charge is -2.42. The van der Waals surface area contributed by atoms with Crippen LogP contribution in [0.15, 0.2) is 0 Å². The summed E-state index contributed by atoms with van der Waals surface area (Å²) in [5.74, 6) is 0.910. The first-order chi connectivity index (χ1) is 8.34. The molecular weight excluding hydrogens is 220 g/mol. The predicted octanol–water partition coefficient (Wildman–Crippen LogP) is 3.52. The molecule has 0 saturated carbocycles. The van der Waals surface area contributed by atoms with E-state index in [1.54, 1.807) is 0 Å². The fraction of sp³-hybridized carbons (Fsp3) is 1.00. The maximum absolute atomic E-state index is 3.75. The van der Waals surface area contributed by atoms with Crippen LogP contribution in [0.2, 0.25) is 0 Å². The Labute approximate surface area is 115 Å². The second-order valence-corrected chi connectivity index (χ2v) is 7.35. The molecule has 1 fully saturated rings. The monoisotopic (exact) mass is 254 g/mol. The second kappa shape index (κ2) is 6.91. The highest BCUT2D eigenvalue weighted by molar-refractivity contribution is 4.87. The molecule has 2 heteroatoms. The van der Waals surface area contributed by atoms with E-state index in [-0.39, 0.29) is 0 Å². The summed E-state index contributed by atoms with van der Waals surface area (Å²) in [4.78, 5) is 2.69. The molecule has 0 aliphatic carbocycles. The standard InChI is InChI=1S/C16H34N2/c1-7-9-17-15(16(4,5)6)12-18-10-8-13(2)11-14(18)3/h13-15,17H,7-12H2,1-6H3. The lowest BCUT2D eigenvalue weighted by molar-refractivity contribution is 0.0921. The van der Waals surface area contributed by atoms with Gasteiger partial charge in [-0.05, 0) is 50.6 Å². The van der Waals surface area contributed by atoms with Crippen molar-refractivity contribution in [2.45, 2.75) is 72.9 Å². The van der Waals surface area contributed by atoms with Crippen LogP contribution < -0.4 is 5.32 Å². The normalized spacial score (nSPS) is 28.3. The molecule has 1 N–H and O–H groups in total. The molecule has 1 aliphatic heterocycles. The van der Waals surface area contributed by atoms with Crippen LogP contribution in [0.4, 0.5) is 0 Å². The van der Waals surface area contributed by atoms with Gasteiger partial charge in [-0.15, -0.1) is 0 Å². The second-order valence-electron chi connectivity index (χ2n) is 7.35. The fourth-order valence-corrected chi connectivity index (χ4v) is 2.92. The summed E-state index contributed by atoms with van der Waals surface area (Å²) in [6.07, 6.45) is 3.96. The zero-order chi connectivity index (χ0) is 13.8. The Hall–Kier alpha value is -0.0800. The van der Waals surface area contributed by atoms with Gasteiger partial charge in [0, 0.05) is 18.6 Å². The zero-order valence-corrected chi connectivity index (χ0v) is 13.4. The molecule has 3 unspecified atom stereocenters. The van der Waals surface area contributed by atoms with Crippen molar-refractivity contribution in [1.29, 1.82) is 0 Å². The van der Waals surface area contributed by atoms with Gasteiger partial charge in [0.2, 0.25) is 0 Å². The van der Waals surface area contributed by atoms with E-state index in [4.69, 9.17) is 0 Å². The number of piperidine rings is 1. The summed E-state index contributed by atoms with van der Waals surface area (Å²) in [6.45, 7) is 17.7. The highest BCUT2D eigenvalue weighted by atomic mass is 15.2. The van der Waals surface area contributed by atoms with E-state index in [0.29, 0.717) is 11.5 Å². The first kappa shape index (κ1) is 16.0. The maximum Gasteiger partial charge on any atom is 0.0243 e. The molecule has 0 aromatic heterocycles. The highest BCUT2D eigenvalue weighted by Gasteiger charge is 2.30. The summed E-state index contributed by atoms with van der Waals surface area (Å²) in [7, 11) is 0. The van der Waals surface area contributed by atoms with Gasteiger partial charge in [0.25, 0.3) is 0 Å². The number of nitrogens with zero attached hydrogens (tertiary/aromatic N) is 1. The zero-order valence-electron chi connectivity index (χ0n) is 13.4. The third kappa shape index (κ3) is 4.89. The van der Waals surface area contributed by atoms with E-state index < -0.39 is 0 Å². The van der Waals surface area contributed by atoms with E-state index >= 15 is 0 Å². The number of rotatable bonds is 5. The van der Waals surface area contributed by atoms with Gasteiger partial charge in [0.1, 0.15) is 0 Å². The van der Waals surface area contributed by atoms with Gasteiger partial charge in [0.05, 0.1) is 0 Å². The van der Waals surface area contributed by atoms with Gasteiger partial charge in [-0.1, -0.05) is 34.6 Å². The number of hydrogen-bond acceptors (Lipinski definition) is 2. The topological polar surface area (TPSA) is 15.3 Å². The van der Waals surface area contributed by atoms with Gasteiger partial charge >= 0.3 is 0 Å². The minimum Gasteiger partial charge on any atom is -0.312 e. The van der Waals surface area contributed by atoms with Crippen LogP contribution in [0, 0.1) is 11.3 Å². The smallest absolute Gasteiger partial charge is 0.0243 e. The predicted molar refractivity (Wildman–Crippen MR) is 81.0 cm³/mol. The third-order valence-corrected chi connectivity index (χ3v) is 4.38. The lowest BCUT2D eigenvalue weighted by Crippen LogP contribution is -2.52. The average Bonchev–Trinajstić information content (AvgIpc) is 2.25. The van der Waals surface area contributed by atoms with Crippen molar-refractivity contribution >= 4 is 0 Å². The van der Waals surface area contributed by atoms with Crippen molar-refractivity contribution in [2.24, 2.45) is 11.3 Å². The molecule has 0 aromatic rings. The molecule has 0 bridgehead atoms. The molecule has 3 atom stereocenters. The number of nitrogens with one attached hydrogen (secondary N) is 1. The molecule has 0 amide bonds. The van der Waals surface area contributed by atoms with Crippen molar-refractivity contribution in [3.05, 3.63) is 0 Å². The van der Waals surface area contributed by atoms with E-state index in [1.807, 2.05) is 0 Å². The summed E-state index contributed by atoms with van der Waals surface area (Å²) < 4.78 is 0. The maximum atomic E-state index is 3.75. The van der Waals surface area contributed by atoms with Crippen LogP contribution in [0.1, 0.15) is 60.8 Å². The van der Waals surface area contributed by atoms with E-state index in [1.165, 1.54) is 32.4 Å². The van der Waals surface area contributed by atoms with Crippen molar-refractivity contribution in [3.63, 3.8) is 0 Å². The first-order valence-electron chi connectivity index (χ1n) is 7.82.